The van der Waals surface area contributed by atoms with Crippen LogP contribution >= 0.6 is 12.6 Å². The highest BCUT2D eigenvalue weighted by molar-refractivity contribution is 7.80. The molecular formula is C8H18OS. The third-order valence-electron chi connectivity index (χ3n) is 1.53. The Morgan fingerprint density at radius 1 is 1.30 bits per heavy atom. The van der Waals surface area contributed by atoms with Crippen molar-refractivity contribution in [2.75, 3.05) is 5.75 Å². The van der Waals surface area contributed by atoms with Gasteiger partial charge in [0.1, 0.15) is 0 Å². The van der Waals surface area contributed by atoms with Crippen LogP contribution in [0.1, 0.15) is 33.1 Å². The molecule has 0 aliphatic rings. The zero-order valence-corrected chi connectivity index (χ0v) is 7.77. The van der Waals surface area contributed by atoms with Crippen LogP contribution in [0.4, 0.5) is 0 Å². The van der Waals surface area contributed by atoms with Crippen molar-refractivity contribution in [1.82, 2.24) is 0 Å². The van der Waals surface area contributed by atoms with Gasteiger partial charge >= 0.3 is 0 Å². The number of aliphatic hydroxyl groups excluding tert-OH is 1. The Morgan fingerprint density at radius 2 is 1.90 bits per heavy atom. The van der Waals surface area contributed by atoms with Gasteiger partial charge in [0.2, 0.25) is 0 Å². The minimum Gasteiger partial charge on any atom is -0.392 e. The van der Waals surface area contributed by atoms with Gasteiger partial charge in [-0.05, 0) is 12.3 Å². The maximum Gasteiger partial charge on any atom is 0.0628 e. The maximum absolute atomic E-state index is 9.09. The number of aliphatic hydroxyl groups is 1. The number of hydrogen-bond acceptors (Lipinski definition) is 2. The molecule has 2 heteroatoms. The Morgan fingerprint density at radius 3 is 2.30 bits per heavy atom. The Hall–Kier alpha value is 0.310. The largest absolute Gasteiger partial charge is 0.392 e. The van der Waals surface area contributed by atoms with Crippen molar-refractivity contribution in [1.29, 1.82) is 0 Å². The molecule has 0 heterocycles. The lowest BCUT2D eigenvalue weighted by Crippen LogP contribution is -2.07. The predicted octanol–water partition coefficient (Wildman–Crippen LogP) is 2.10. The highest BCUT2D eigenvalue weighted by Crippen LogP contribution is 2.08. The van der Waals surface area contributed by atoms with E-state index in [-0.39, 0.29) is 6.10 Å². The van der Waals surface area contributed by atoms with Crippen LogP contribution in [0.15, 0.2) is 0 Å². The minimum absolute atomic E-state index is 0.193. The summed E-state index contributed by atoms with van der Waals surface area (Å²) in [6.07, 6.45) is 3.05. The first-order chi connectivity index (χ1) is 4.66. The predicted molar refractivity (Wildman–Crippen MR) is 48.5 cm³/mol. The normalized spacial score (nSPS) is 14.1. The topological polar surface area (TPSA) is 20.2 Å². The molecule has 0 aliphatic carbocycles. The first kappa shape index (κ1) is 10.3. The number of hydrogen-bond donors (Lipinski definition) is 2. The molecule has 1 N–H and O–H groups in total. The fourth-order valence-corrected chi connectivity index (χ4v) is 1.04. The highest BCUT2D eigenvalue weighted by Gasteiger charge is 2.00. The monoisotopic (exact) mass is 162 g/mol. The molecule has 0 aromatic carbocycles. The van der Waals surface area contributed by atoms with Crippen LogP contribution in [0, 0.1) is 5.92 Å². The lowest BCUT2D eigenvalue weighted by Gasteiger charge is -2.07. The average molecular weight is 162 g/mol. The van der Waals surface area contributed by atoms with Gasteiger partial charge in [0, 0.05) is 5.75 Å². The molecule has 1 unspecified atom stereocenters. The quantitative estimate of drug-likeness (QED) is 0.593. The molecule has 0 aromatic heterocycles. The van der Waals surface area contributed by atoms with Gasteiger partial charge in [-0.25, -0.2) is 0 Å². The van der Waals surface area contributed by atoms with Crippen LogP contribution in [0.5, 0.6) is 0 Å². The van der Waals surface area contributed by atoms with Crippen LogP contribution < -0.4 is 0 Å². The summed E-state index contributed by atoms with van der Waals surface area (Å²) >= 11 is 3.99. The Labute approximate surface area is 69.2 Å². The Kier molecular flexibility index (Phi) is 6.24. The summed E-state index contributed by atoms with van der Waals surface area (Å²) in [5.74, 6) is 1.35. The van der Waals surface area contributed by atoms with E-state index < -0.39 is 0 Å². The Balaban J connectivity index is 3.03. The lowest BCUT2D eigenvalue weighted by atomic mass is 10.1. The zero-order chi connectivity index (χ0) is 7.98. The molecule has 62 valence electrons. The maximum atomic E-state index is 9.09. The average Bonchev–Trinajstić information content (AvgIpc) is 1.87. The number of thiol groups is 1. The van der Waals surface area contributed by atoms with Crippen LogP contribution in [0.25, 0.3) is 0 Å². The fraction of sp³-hybridized carbons (Fsp3) is 1.00. The second kappa shape index (κ2) is 6.05. The molecule has 1 atom stereocenters. The van der Waals surface area contributed by atoms with E-state index in [1.54, 1.807) is 0 Å². The summed E-state index contributed by atoms with van der Waals surface area (Å²) < 4.78 is 0. The van der Waals surface area contributed by atoms with E-state index in [4.69, 9.17) is 5.11 Å². The highest BCUT2D eigenvalue weighted by atomic mass is 32.1. The molecule has 0 fully saturated rings. The van der Waals surface area contributed by atoms with Gasteiger partial charge in [-0.15, -0.1) is 0 Å². The smallest absolute Gasteiger partial charge is 0.0628 e. The van der Waals surface area contributed by atoms with E-state index in [1.807, 2.05) is 0 Å². The van der Waals surface area contributed by atoms with Crippen molar-refractivity contribution in [3.05, 3.63) is 0 Å². The molecule has 0 aromatic rings. The van der Waals surface area contributed by atoms with Crippen LogP contribution in [0.3, 0.4) is 0 Å². The van der Waals surface area contributed by atoms with Crippen LogP contribution in [0.2, 0.25) is 0 Å². The van der Waals surface area contributed by atoms with Crippen molar-refractivity contribution in [3.63, 3.8) is 0 Å². The standard InChI is InChI=1S/C8H18OS/c1-7(2)4-3-5-8(9)6-10/h7-10H,3-6H2,1-2H3. The zero-order valence-electron chi connectivity index (χ0n) is 6.88. The van der Waals surface area contributed by atoms with Crippen molar-refractivity contribution in [2.45, 2.75) is 39.2 Å². The summed E-state index contributed by atoms with van der Waals surface area (Å²) in [4.78, 5) is 0. The molecule has 0 radical (unpaired) electrons. The molecular weight excluding hydrogens is 144 g/mol. The molecule has 0 spiro atoms. The van der Waals surface area contributed by atoms with Crippen molar-refractivity contribution in [2.24, 2.45) is 5.92 Å². The van der Waals surface area contributed by atoms with Crippen LogP contribution in [-0.2, 0) is 0 Å². The summed E-state index contributed by atoms with van der Waals surface area (Å²) in [5.41, 5.74) is 0. The van der Waals surface area contributed by atoms with E-state index in [0.717, 1.165) is 18.8 Å². The van der Waals surface area contributed by atoms with E-state index in [2.05, 4.69) is 26.5 Å². The van der Waals surface area contributed by atoms with Gasteiger partial charge in [0.05, 0.1) is 6.10 Å². The first-order valence-corrected chi connectivity index (χ1v) is 4.59. The molecule has 0 saturated heterocycles. The van der Waals surface area contributed by atoms with Crippen molar-refractivity contribution >= 4 is 12.6 Å². The molecule has 0 amide bonds. The molecule has 10 heavy (non-hydrogen) atoms. The number of rotatable bonds is 5. The van der Waals surface area contributed by atoms with E-state index in [0.29, 0.717) is 5.75 Å². The second-order valence-electron chi connectivity index (χ2n) is 3.16. The van der Waals surface area contributed by atoms with E-state index in [1.165, 1.54) is 6.42 Å². The first-order valence-electron chi connectivity index (χ1n) is 3.95. The van der Waals surface area contributed by atoms with Gasteiger partial charge < -0.3 is 5.11 Å². The van der Waals surface area contributed by atoms with E-state index in [9.17, 15) is 0 Å². The lowest BCUT2D eigenvalue weighted by molar-refractivity contribution is 0.184. The van der Waals surface area contributed by atoms with Crippen molar-refractivity contribution in [3.8, 4) is 0 Å². The second-order valence-corrected chi connectivity index (χ2v) is 3.53. The molecule has 0 rings (SSSR count). The third kappa shape index (κ3) is 6.43. The van der Waals surface area contributed by atoms with Gasteiger partial charge in [-0.3, -0.25) is 0 Å². The third-order valence-corrected chi connectivity index (χ3v) is 1.95. The van der Waals surface area contributed by atoms with Crippen LogP contribution in [-0.4, -0.2) is 17.0 Å². The van der Waals surface area contributed by atoms with Gasteiger partial charge in [-0.2, -0.15) is 12.6 Å². The SMILES string of the molecule is CC(C)CCCC(O)CS. The summed E-state index contributed by atoms with van der Waals surface area (Å²) in [6, 6.07) is 0. The fourth-order valence-electron chi connectivity index (χ4n) is 0.853. The van der Waals surface area contributed by atoms with E-state index >= 15 is 0 Å². The van der Waals surface area contributed by atoms with Gasteiger partial charge in [0.25, 0.3) is 0 Å². The molecule has 0 aliphatic heterocycles. The molecule has 0 bridgehead atoms. The summed E-state index contributed by atoms with van der Waals surface area (Å²) in [6.45, 7) is 4.40. The summed E-state index contributed by atoms with van der Waals surface area (Å²) in [5, 5.41) is 9.09. The minimum atomic E-state index is -0.193. The van der Waals surface area contributed by atoms with Gasteiger partial charge in [-0.1, -0.05) is 26.7 Å². The molecule has 1 nitrogen and oxygen atoms in total. The Bertz CT molecular complexity index is 73.7. The molecule has 0 saturated carbocycles. The summed E-state index contributed by atoms with van der Waals surface area (Å²) in [7, 11) is 0. The van der Waals surface area contributed by atoms with Crippen molar-refractivity contribution < 1.29 is 5.11 Å². The van der Waals surface area contributed by atoms with Gasteiger partial charge in [0.15, 0.2) is 0 Å².